The number of aliphatic imine (C=N–C) groups is 2. The van der Waals surface area contributed by atoms with Crippen molar-refractivity contribution in [3.63, 3.8) is 0 Å². The Hall–Kier alpha value is -3.80. The smallest absolute Gasteiger partial charge is 0.223 e. The Morgan fingerprint density at radius 3 is 2.15 bits per heavy atom. The van der Waals surface area contributed by atoms with Crippen LogP contribution in [0.5, 0.6) is 5.75 Å². The summed E-state index contributed by atoms with van der Waals surface area (Å²) in [6, 6.07) is 25.6. The maximum atomic E-state index is 6.02. The van der Waals surface area contributed by atoms with E-state index in [0.717, 1.165) is 22.4 Å². The molecule has 6 nitrogen and oxygen atoms in total. The summed E-state index contributed by atoms with van der Waals surface area (Å²) >= 11 is 0. The number of guanidine groups is 2. The van der Waals surface area contributed by atoms with Crippen LogP contribution in [0.15, 0.2) is 88.8 Å². The van der Waals surface area contributed by atoms with Crippen molar-refractivity contribution in [3.8, 4) is 16.9 Å². The van der Waals surface area contributed by atoms with Gasteiger partial charge in [0.2, 0.25) is 5.96 Å². The van der Waals surface area contributed by atoms with E-state index >= 15 is 0 Å². The van der Waals surface area contributed by atoms with E-state index in [2.05, 4.69) is 9.98 Å². The van der Waals surface area contributed by atoms with Gasteiger partial charge in [0.05, 0.1) is 5.69 Å². The van der Waals surface area contributed by atoms with Crippen LogP contribution in [0, 0.1) is 0 Å². The molecule has 0 bridgehead atoms. The van der Waals surface area contributed by atoms with Crippen molar-refractivity contribution < 1.29 is 4.74 Å². The first kappa shape index (κ1) is 18.0. The van der Waals surface area contributed by atoms with Crippen LogP contribution in [0.25, 0.3) is 11.1 Å². The summed E-state index contributed by atoms with van der Waals surface area (Å²) in [5.41, 5.74) is 20.0. The van der Waals surface area contributed by atoms with Gasteiger partial charge in [-0.15, -0.1) is 0 Å². The van der Waals surface area contributed by atoms with Crippen LogP contribution >= 0.6 is 0 Å². The minimum atomic E-state index is -0.127. The van der Waals surface area contributed by atoms with Crippen molar-refractivity contribution in [2.75, 3.05) is 0 Å². The minimum absolute atomic E-state index is 0.00865. The van der Waals surface area contributed by atoms with Crippen molar-refractivity contribution in [3.05, 3.63) is 84.4 Å². The lowest BCUT2D eigenvalue weighted by atomic mass is 10.0. The maximum absolute atomic E-state index is 6.02. The zero-order valence-corrected chi connectivity index (χ0v) is 14.7. The number of para-hydroxylation sites is 1. The van der Waals surface area contributed by atoms with Gasteiger partial charge >= 0.3 is 0 Å². The third-order valence-corrected chi connectivity index (χ3v) is 3.79. The normalized spacial score (nSPS) is 11.0. The van der Waals surface area contributed by atoms with E-state index in [-0.39, 0.29) is 11.9 Å². The molecule has 0 radical (unpaired) electrons. The van der Waals surface area contributed by atoms with Crippen molar-refractivity contribution in [2.24, 2.45) is 27.2 Å². The molecule has 27 heavy (non-hydrogen) atoms. The molecule has 3 aromatic rings. The van der Waals surface area contributed by atoms with Crippen LogP contribution in [-0.4, -0.2) is 11.9 Å². The van der Waals surface area contributed by atoms with Crippen LogP contribution in [0.4, 0.5) is 5.69 Å². The molecule has 3 aromatic carbocycles. The molecule has 0 amide bonds. The van der Waals surface area contributed by atoms with Gasteiger partial charge in [0.15, 0.2) is 5.96 Å². The standard InChI is InChI=1S/C21H21N5O/c22-20(23)26-21(24)25-17-12-10-16(11-13-17)18-8-4-5-9-19(18)27-14-15-6-2-1-3-7-15/h1-13H,14H2,(H6,22,23,24,25,26). The number of benzene rings is 3. The van der Waals surface area contributed by atoms with Gasteiger partial charge in [0, 0.05) is 5.56 Å². The van der Waals surface area contributed by atoms with E-state index in [9.17, 15) is 0 Å². The highest BCUT2D eigenvalue weighted by atomic mass is 16.5. The summed E-state index contributed by atoms with van der Waals surface area (Å²) in [5.74, 6) is 0.698. The molecule has 6 N–H and O–H groups in total. The molecule has 0 spiro atoms. The Balaban J connectivity index is 1.79. The van der Waals surface area contributed by atoms with E-state index in [1.165, 1.54) is 0 Å². The highest BCUT2D eigenvalue weighted by Gasteiger charge is 2.06. The number of ether oxygens (including phenoxy) is 1. The van der Waals surface area contributed by atoms with E-state index in [1.54, 1.807) is 0 Å². The predicted octanol–water partition coefficient (Wildman–Crippen LogP) is 3.15. The van der Waals surface area contributed by atoms with E-state index < -0.39 is 0 Å². The molecule has 0 atom stereocenters. The van der Waals surface area contributed by atoms with Gasteiger partial charge in [0.1, 0.15) is 12.4 Å². The summed E-state index contributed by atoms with van der Waals surface area (Å²) < 4.78 is 6.02. The van der Waals surface area contributed by atoms with Crippen LogP contribution in [0.2, 0.25) is 0 Å². The van der Waals surface area contributed by atoms with Gasteiger partial charge in [-0.25, -0.2) is 4.99 Å². The molecule has 0 fully saturated rings. The lowest BCUT2D eigenvalue weighted by Gasteiger charge is -2.12. The highest BCUT2D eigenvalue weighted by molar-refractivity contribution is 5.93. The average molecular weight is 359 g/mol. The molecular weight excluding hydrogens is 338 g/mol. The summed E-state index contributed by atoms with van der Waals surface area (Å²) in [7, 11) is 0. The van der Waals surface area contributed by atoms with Crippen molar-refractivity contribution in [1.29, 1.82) is 0 Å². The van der Waals surface area contributed by atoms with Crippen LogP contribution < -0.4 is 21.9 Å². The lowest BCUT2D eigenvalue weighted by molar-refractivity contribution is 0.307. The van der Waals surface area contributed by atoms with Gasteiger partial charge in [-0.3, -0.25) is 0 Å². The van der Waals surface area contributed by atoms with Crippen molar-refractivity contribution >= 4 is 17.6 Å². The van der Waals surface area contributed by atoms with Crippen molar-refractivity contribution in [2.45, 2.75) is 6.61 Å². The molecule has 0 aliphatic carbocycles. The van der Waals surface area contributed by atoms with Gasteiger partial charge in [-0.2, -0.15) is 4.99 Å². The molecule has 0 aliphatic rings. The molecule has 0 aromatic heterocycles. The molecule has 136 valence electrons. The second-order valence-electron chi connectivity index (χ2n) is 5.82. The Morgan fingerprint density at radius 1 is 0.778 bits per heavy atom. The SMILES string of the molecule is NC(N)=NC(N)=Nc1ccc(-c2ccccc2OCc2ccccc2)cc1. The first-order chi connectivity index (χ1) is 13.1. The first-order valence-corrected chi connectivity index (χ1v) is 8.42. The average Bonchev–Trinajstić information content (AvgIpc) is 2.67. The van der Waals surface area contributed by atoms with Crippen molar-refractivity contribution in [1.82, 2.24) is 0 Å². The fraction of sp³-hybridized carbons (Fsp3) is 0.0476. The van der Waals surface area contributed by atoms with Gasteiger partial charge in [-0.1, -0.05) is 60.7 Å². The zero-order valence-electron chi connectivity index (χ0n) is 14.7. The third kappa shape index (κ3) is 5.09. The Morgan fingerprint density at radius 2 is 1.44 bits per heavy atom. The molecular formula is C21H21N5O. The predicted molar refractivity (Wildman–Crippen MR) is 110 cm³/mol. The van der Waals surface area contributed by atoms with E-state index in [1.807, 2.05) is 78.9 Å². The van der Waals surface area contributed by atoms with Gasteiger partial charge in [0.25, 0.3) is 0 Å². The van der Waals surface area contributed by atoms with Gasteiger partial charge < -0.3 is 21.9 Å². The molecule has 0 unspecified atom stereocenters. The Kier molecular flexibility index (Phi) is 5.69. The Labute approximate surface area is 158 Å². The molecule has 3 rings (SSSR count). The monoisotopic (exact) mass is 359 g/mol. The second-order valence-corrected chi connectivity index (χ2v) is 5.82. The minimum Gasteiger partial charge on any atom is -0.488 e. The summed E-state index contributed by atoms with van der Waals surface area (Å²) in [4.78, 5) is 7.85. The fourth-order valence-corrected chi connectivity index (χ4v) is 2.57. The fourth-order valence-electron chi connectivity index (χ4n) is 2.57. The quantitative estimate of drug-likeness (QED) is 0.480. The summed E-state index contributed by atoms with van der Waals surface area (Å²) in [5, 5.41) is 0. The van der Waals surface area contributed by atoms with E-state index in [4.69, 9.17) is 21.9 Å². The van der Waals surface area contributed by atoms with Gasteiger partial charge in [-0.05, 0) is 29.3 Å². The number of rotatable bonds is 5. The maximum Gasteiger partial charge on any atom is 0.223 e. The summed E-state index contributed by atoms with van der Waals surface area (Å²) in [6.07, 6.45) is 0. The van der Waals surface area contributed by atoms with E-state index in [0.29, 0.717) is 12.3 Å². The molecule has 0 saturated heterocycles. The van der Waals surface area contributed by atoms with Crippen LogP contribution in [0.1, 0.15) is 5.56 Å². The topological polar surface area (TPSA) is 112 Å². The molecule has 0 saturated carbocycles. The van der Waals surface area contributed by atoms with Crippen LogP contribution in [0.3, 0.4) is 0 Å². The molecule has 0 heterocycles. The molecule has 0 aliphatic heterocycles. The number of nitrogens with zero attached hydrogens (tertiary/aromatic N) is 2. The number of nitrogens with two attached hydrogens (primary N) is 3. The summed E-state index contributed by atoms with van der Waals surface area (Å²) in [6.45, 7) is 0.509. The largest absolute Gasteiger partial charge is 0.488 e. The first-order valence-electron chi connectivity index (χ1n) is 8.42. The highest BCUT2D eigenvalue weighted by Crippen LogP contribution is 2.31. The van der Waals surface area contributed by atoms with Crippen LogP contribution in [-0.2, 0) is 6.61 Å². The molecule has 6 heteroatoms. The second kappa shape index (κ2) is 8.53. The zero-order chi connectivity index (χ0) is 19.1. The number of hydrogen-bond donors (Lipinski definition) is 3. The Bertz CT molecular complexity index is 946. The third-order valence-electron chi connectivity index (χ3n) is 3.79. The number of hydrogen-bond acceptors (Lipinski definition) is 2. The lowest BCUT2D eigenvalue weighted by Crippen LogP contribution is -2.26.